The number of para-hydroxylation sites is 1. The van der Waals surface area contributed by atoms with E-state index < -0.39 is 0 Å². The monoisotopic (exact) mass is 421 g/mol. The Morgan fingerprint density at radius 3 is 2.50 bits per heavy atom. The van der Waals surface area contributed by atoms with E-state index >= 15 is 0 Å². The van der Waals surface area contributed by atoms with Gasteiger partial charge in [0, 0.05) is 22.7 Å². The van der Waals surface area contributed by atoms with Gasteiger partial charge < -0.3 is 4.74 Å². The third-order valence-corrected chi connectivity index (χ3v) is 5.58. The van der Waals surface area contributed by atoms with Gasteiger partial charge in [0.2, 0.25) is 5.82 Å². The molecule has 0 saturated carbocycles. The van der Waals surface area contributed by atoms with Gasteiger partial charge in [-0.15, -0.1) is 10.2 Å². The van der Waals surface area contributed by atoms with Gasteiger partial charge in [-0.3, -0.25) is 4.98 Å². The van der Waals surface area contributed by atoms with Crippen LogP contribution < -0.4 is 4.74 Å². The first-order valence-corrected chi connectivity index (χ1v) is 10.7. The summed E-state index contributed by atoms with van der Waals surface area (Å²) in [6.07, 6.45) is 0.671. The molecule has 2 aromatic heterocycles. The summed E-state index contributed by atoms with van der Waals surface area (Å²) in [6, 6.07) is 26.6. The van der Waals surface area contributed by atoms with Crippen LogP contribution in [0.4, 0.5) is 0 Å². The van der Waals surface area contributed by atoms with Crippen LogP contribution in [0.1, 0.15) is 31.2 Å². The average Bonchev–Trinajstić information content (AvgIpc) is 3.39. The maximum atomic E-state index is 6.47. The first-order valence-electron chi connectivity index (χ1n) is 10.7. The number of tetrazole rings is 1. The Kier molecular flexibility index (Phi) is 5.34. The van der Waals surface area contributed by atoms with Crippen molar-refractivity contribution in [1.29, 1.82) is 0 Å². The van der Waals surface area contributed by atoms with E-state index in [4.69, 9.17) is 9.72 Å². The lowest BCUT2D eigenvalue weighted by molar-refractivity contribution is 0.229. The lowest BCUT2D eigenvalue weighted by atomic mass is 9.95. The second kappa shape index (κ2) is 8.59. The average molecular weight is 422 g/mol. The molecule has 0 radical (unpaired) electrons. The van der Waals surface area contributed by atoms with Crippen molar-refractivity contribution in [2.75, 3.05) is 0 Å². The van der Waals surface area contributed by atoms with Gasteiger partial charge in [-0.2, -0.15) is 5.21 Å². The first-order chi connectivity index (χ1) is 15.7. The van der Waals surface area contributed by atoms with E-state index in [1.165, 1.54) is 0 Å². The zero-order valence-electron chi connectivity index (χ0n) is 18.0. The highest BCUT2D eigenvalue weighted by atomic mass is 16.5. The summed E-state index contributed by atoms with van der Waals surface area (Å²) in [6.45, 7) is 4.15. The molecule has 6 nitrogen and oxygen atoms in total. The zero-order valence-corrected chi connectivity index (χ0v) is 18.0. The van der Waals surface area contributed by atoms with E-state index in [2.05, 4.69) is 64.8 Å². The Labute approximate surface area is 186 Å². The minimum absolute atomic E-state index is 0.180. The van der Waals surface area contributed by atoms with E-state index in [-0.39, 0.29) is 6.10 Å². The van der Waals surface area contributed by atoms with E-state index in [9.17, 15) is 0 Å². The normalized spacial score (nSPS) is 12.1. The number of H-pyrrole nitrogens is 1. The van der Waals surface area contributed by atoms with Crippen molar-refractivity contribution >= 4 is 10.9 Å². The fourth-order valence-electron chi connectivity index (χ4n) is 3.88. The third-order valence-electron chi connectivity index (χ3n) is 5.58. The molecule has 5 aromatic rings. The van der Waals surface area contributed by atoms with Crippen LogP contribution in [0.25, 0.3) is 33.4 Å². The van der Waals surface area contributed by atoms with E-state index in [1.807, 2.05) is 48.5 Å². The molecule has 5 rings (SSSR count). The molecule has 32 heavy (non-hydrogen) atoms. The summed E-state index contributed by atoms with van der Waals surface area (Å²) in [5, 5.41) is 15.8. The molecule has 1 atom stereocenters. The summed E-state index contributed by atoms with van der Waals surface area (Å²) in [5.74, 6) is 1.40. The van der Waals surface area contributed by atoms with Crippen LogP contribution in [0.2, 0.25) is 0 Å². The van der Waals surface area contributed by atoms with Gasteiger partial charge in [-0.1, -0.05) is 61.5 Å². The van der Waals surface area contributed by atoms with Gasteiger partial charge >= 0.3 is 0 Å². The molecule has 0 fully saturated rings. The SMILES string of the molecule is CCc1cc(OC(C)c2ccc(-c3ccccc3)c(-c3nn[nH]n3)c2)c2ccccc2n1. The van der Waals surface area contributed by atoms with Gasteiger partial charge in [0.05, 0.1) is 5.52 Å². The summed E-state index contributed by atoms with van der Waals surface area (Å²) in [5.41, 5.74) is 6.04. The van der Waals surface area contributed by atoms with Crippen LogP contribution in [0.15, 0.2) is 78.9 Å². The number of ether oxygens (including phenoxy) is 1. The van der Waals surface area contributed by atoms with Gasteiger partial charge in [0.25, 0.3) is 0 Å². The van der Waals surface area contributed by atoms with Crippen LogP contribution in [0, 0.1) is 0 Å². The maximum absolute atomic E-state index is 6.47. The Bertz CT molecular complexity index is 1350. The Balaban J connectivity index is 1.55. The minimum atomic E-state index is -0.180. The third kappa shape index (κ3) is 3.83. The number of benzene rings is 3. The predicted molar refractivity (Wildman–Crippen MR) is 125 cm³/mol. The smallest absolute Gasteiger partial charge is 0.205 e. The van der Waals surface area contributed by atoms with Crippen LogP contribution in [0.5, 0.6) is 5.75 Å². The topological polar surface area (TPSA) is 76.6 Å². The van der Waals surface area contributed by atoms with Crippen molar-refractivity contribution in [3.8, 4) is 28.3 Å². The molecular formula is C26H23N5O. The second-order valence-corrected chi connectivity index (χ2v) is 7.65. The van der Waals surface area contributed by atoms with Crippen molar-refractivity contribution in [3.05, 3.63) is 90.1 Å². The van der Waals surface area contributed by atoms with E-state index in [0.717, 1.165) is 51.0 Å². The molecule has 6 heteroatoms. The molecule has 0 bridgehead atoms. The molecule has 0 aliphatic carbocycles. The van der Waals surface area contributed by atoms with Crippen LogP contribution >= 0.6 is 0 Å². The molecule has 0 aliphatic heterocycles. The van der Waals surface area contributed by atoms with Gasteiger partial charge in [-0.05, 0) is 53.4 Å². The summed E-state index contributed by atoms with van der Waals surface area (Å²) >= 11 is 0. The van der Waals surface area contributed by atoms with E-state index in [0.29, 0.717) is 5.82 Å². The number of aryl methyl sites for hydroxylation is 1. The number of nitrogens with one attached hydrogen (secondary N) is 1. The molecule has 0 amide bonds. The lowest BCUT2D eigenvalue weighted by Crippen LogP contribution is -2.05. The molecule has 1 unspecified atom stereocenters. The molecular weight excluding hydrogens is 398 g/mol. The largest absolute Gasteiger partial charge is 0.485 e. The molecule has 0 aliphatic rings. The highest BCUT2D eigenvalue weighted by Gasteiger charge is 2.17. The van der Waals surface area contributed by atoms with Crippen LogP contribution in [-0.4, -0.2) is 25.6 Å². The number of hydrogen-bond donors (Lipinski definition) is 1. The fraction of sp³-hybridized carbons (Fsp3) is 0.154. The number of rotatable bonds is 6. The zero-order chi connectivity index (χ0) is 21.9. The number of pyridine rings is 1. The summed E-state index contributed by atoms with van der Waals surface area (Å²) < 4.78 is 6.47. The second-order valence-electron chi connectivity index (χ2n) is 7.65. The highest BCUT2D eigenvalue weighted by molar-refractivity contribution is 5.85. The van der Waals surface area contributed by atoms with Gasteiger partial charge in [-0.25, -0.2) is 0 Å². The van der Waals surface area contributed by atoms with Gasteiger partial charge in [0.15, 0.2) is 0 Å². The molecule has 1 N–H and O–H groups in total. The van der Waals surface area contributed by atoms with Gasteiger partial charge in [0.1, 0.15) is 11.9 Å². The maximum Gasteiger partial charge on any atom is 0.205 e. The molecule has 158 valence electrons. The molecule has 0 saturated heterocycles. The molecule has 2 heterocycles. The molecule has 0 spiro atoms. The van der Waals surface area contributed by atoms with Crippen molar-refractivity contribution in [2.24, 2.45) is 0 Å². The number of nitrogens with zero attached hydrogens (tertiary/aromatic N) is 4. The summed E-state index contributed by atoms with van der Waals surface area (Å²) in [4.78, 5) is 4.72. The van der Waals surface area contributed by atoms with E-state index in [1.54, 1.807) is 0 Å². The predicted octanol–water partition coefficient (Wildman–Crippen LogP) is 5.78. The number of aromatic amines is 1. The molecule has 3 aromatic carbocycles. The Hall–Kier alpha value is -4.06. The number of fused-ring (bicyclic) bond motifs is 1. The quantitative estimate of drug-likeness (QED) is 0.376. The van der Waals surface area contributed by atoms with Crippen molar-refractivity contribution < 1.29 is 4.74 Å². The Morgan fingerprint density at radius 1 is 0.906 bits per heavy atom. The lowest BCUT2D eigenvalue weighted by Gasteiger charge is -2.19. The van der Waals surface area contributed by atoms with Crippen molar-refractivity contribution in [2.45, 2.75) is 26.4 Å². The summed E-state index contributed by atoms with van der Waals surface area (Å²) in [7, 11) is 0. The number of aromatic nitrogens is 5. The fourth-order valence-corrected chi connectivity index (χ4v) is 3.88. The van der Waals surface area contributed by atoms with Crippen LogP contribution in [0.3, 0.4) is 0 Å². The minimum Gasteiger partial charge on any atom is -0.485 e. The number of hydrogen-bond acceptors (Lipinski definition) is 5. The van der Waals surface area contributed by atoms with Crippen molar-refractivity contribution in [3.63, 3.8) is 0 Å². The standard InChI is InChI=1S/C26H23N5O/c1-3-20-16-25(22-11-7-8-12-24(22)27-20)32-17(2)19-13-14-21(18-9-5-4-6-10-18)23(15-19)26-28-30-31-29-26/h4-17H,3H2,1-2H3,(H,28,29,30,31). The Morgan fingerprint density at radius 2 is 1.72 bits per heavy atom. The van der Waals surface area contributed by atoms with Crippen LogP contribution in [-0.2, 0) is 6.42 Å². The first kappa shape index (κ1) is 19.9. The highest BCUT2D eigenvalue weighted by Crippen LogP contribution is 2.35. The van der Waals surface area contributed by atoms with Crippen molar-refractivity contribution in [1.82, 2.24) is 25.6 Å².